The fourth-order valence-corrected chi connectivity index (χ4v) is 3.59. The second-order valence-corrected chi connectivity index (χ2v) is 7.19. The van der Waals surface area contributed by atoms with Crippen LogP contribution < -0.4 is 0 Å². The van der Waals surface area contributed by atoms with Crippen LogP contribution in [0, 0.1) is 0 Å². The summed E-state index contributed by atoms with van der Waals surface area (Å²) in [5, 5.41) is 0.706. The largest absolute Gasteiger partial charge is 0.366 e. The average molecular weight is 358 g/mol. The third kappa shape index (κ3) is 3.95. The number of likely N-dealkylation sites (tertiary alicyclic amines) is 1. The van der Waals surface area contributed by atoms with Crippen molar-refractivity contribution in [2.24, 2.45) is 0 Å². The van der Waals surface area contributed by atoms with Crippen LogP contribution in [-0.2, 0) is 15.1 Å². The summed E-state index contributed by atoms with van der Waals surface area (Å²) in [6.45, 7) is 3.44. The molecule has 0 aromatic heterocycles. The van der Waals surface area contributed by atoms with Crippen LogP contribution in [-0.4, -0.2) is 36.9 Å². The van der Waals surface area contributed by atoms with Crippen molar-refractivity contribution < 1.29 is 9.53 Å². The third-order valence-corrected chi connectivity index (χ3v) is 5.37. The zero-order chi connectivity index (χ0) is 17.9. The van der Waals surface area contributed by atoms with E-state index in [0.29, 0.717) is 30.3 Å². The van der Waals surface area contributed by atoms with Gasteiger partial charge in [0.1, 0.15) is 5.60 Å². The lowest BCUT2D eigenvalue weighted by molar-refractivity contribution is -0.120. The van der Waals surface area contributed by atoms with Gasteiger partial charge < -0.3 is 4.74 Å². The molecule has 1 aliphatic heterocycles. The lowest BCUT2D eigenvalue weighted by atomic mass is 9.88. The van der Waals surface area contributed by atoms with Crippen molar-refractivity contribution in [3.05, 3.63) is 70.7 Å². The molecule has 0 amide bonds. The molecule has 1 fully saturated rings. The highest BCUT2D eigenvalue weighted by atomic mass is 35.5. The summed E-state index contributed by atoms with van der Waals surface area (Å²) in [7, 11) is 2.01. The number of ether oxygens (including phenoxy) is 1. The number of ketones is 1. The number of likely N-dealkylation sites (N-methyl/N-ethyl adjacent to an activating group) is 1. The minimum atomic E-state index is -0.577. The minimum Gasteiger partial charge on any atom is -0.366 e. The Morgan fingerprint density at radius 3 is 2.36 bits per heavy atom. The van der Waals surface area contributed by atoms with Gasteiger partial charge in [0.25, 0.3) is 0 Å². The minimum absolute atomic E-state index is 0.0229. The Morgan fingerprint density at radius 1 is 1.12 bits per heavy atom. The number of rotatable bonds is 6. The Hall–Kier alpha value is -1.68. The molecule has 0 bridgehead atoms. The van der Waals surface area contributed by atoms with E-state index in [1.54, 1.807) is 0 Å². The van der Waals surface area contributed by atoms with Crippen molar-refractivity contribution in [3.63, 3.8) is 0 Å². The lowest BCUT2D eigenvalue weighted by Gasteiger charge is -2.32. The van der Waals surface area contributed by atoms with Crippen molar-refractivity contribution >= 4 is 17.4 Å². The maximum absolute atomic E-state index is 12.0. The van der Waals surface area contributed by atoms with E-state index in [1.807, 2.05) is 49.5 Å². The molecular formula is C21H24ClNO2. The van der Waals surface area contributed by atoms with Crippen molar-refractivity contribution in [3.8, 4) is 0 Å². The zero-order valence-electron chi connectivity index (χ0n) is 14.7. The van der Waals surface area contributed by atoms with E-state index < -0.39 is 5.60 Å². The molecule has 1 saturated heterocycles. The quantitative estimate of drug-likeness (QED) is 0.772. The highest BCUT2D eigenvalue weighted by Gasteiger charge is 2.33. The van der Waals surface area contributed by atoms with E-state index >= 15 is 0 Å². The molecule has 2 atom stereocenters. The monoisotopic (exact) mass is 357 g/mol. The van der Waals surface area contributed by atoms with Gasteiger partial charge in [0, 0.05) is 18.0 Å². The van der Waals surface area contributed by atoms with Crippen LogP contribution in [0.2, 0.25) is 5.02 Å². The van der Waals surface area contributed by atoms with Crippen LogP contribution >= 0.6 is 11.6 Å². The molecule has 2 aromatic rings. The van der Waals surface area contributed by atoms with Crippen molar-refractivity contribution in [2.45, 2.75) is 31.4 Å². The first kappa shape index (κ1) is 18.1. The second-order valence-electron chi connectivity index (χ2n) is 6.76. The highest BCUT2D eigenvalue weighted by Crippen LogP contribution is 2.34. The van der Waals surface area contributed by atoms with Gasteiger partial charge in [-0.1, -0.05) is 54.1 Å². The summed E-state index contributed by atoms with van der Waals surface area (Å²) in [6, 6.07) is 17.9. The van der Waals surface area contributed by atoms with Crippen molar-refractivity contribution in [2.75, 3.05) is 20.2 Å². The van der Waals surface area contributed by atoms with Gasteiger partial charge in [0.05, 0.1) is 12.6 Å². The molecule has 0 unspecified atom stereocenters. The first-order valence-electron chi connectivity index (χ1n) is 8.69. The summed E-state index contributed by atoms with van der Waals surface area (Å²) in [4.78, 5) is 14.1. The van der Waals surface area contributed by atoms with Crippen molar-refractivity contribution in [1.82, 2.24) is 4.90 Å². The topological polar surface area (TPSA) is 29.5 Å². The van der Waals surface area contributed by atoms with E-state index in [9.17, 15) is 4.79 Å². The van der Waals surface area contributed by atoms with Gasteiger partial charge in [-0.3, -0.25) is 9.69 Å². The van der Waals surface area contributed by atoms with Crippen LogP contribution in [0.4, 0.5) is 0 Å². The zero-order valence-corrected chi connectivity index (χ0v) is 15.5. The van der Waals surface area contributed by atoms with Gasteiger partial charge in [-0.15, -0.1) is 0 Å². The van der Waals surface area contributed by atoms with E-state index in [4.69, 9.17) is 16.3 Å². The standard InChI is InChI=1S/C21H24ClNO2/c1-21(16-6-4-3-5-7-16,17-8-10-18(22)11-9-17)25-15-13-19-20(24)12-14-23(19)2/h3-11,19H,12-15H2,1-2H3/t19-,21-/m1/s1. The third-order valence-electron chi connectivity index (χ3n) is 5.12. The Morgan fingerprint density at radius 2 is 1.76 bits per heavy atom. The molecule has 2 aromatic carbocycles. The van der Waals surface area contributed by atoms with Crippen LogP contribution in [0.1, 0.15) is 30.9 Å². The van der Waals surface area contributed by atoms with E-state index in [1.165, 1.54) is 0 Å². The van der Waals surface area contributed by atoms with Gasteiger partial charge in [-0.2, -0.15) is 0 Å². The Bertz CT molecular complexity index is 716. The van der Waals surface area contributed by atoms with E-state index in [2.05, 4.69) is 24.0 Å². The summed E-state index contributed by atoms with van der Waals surface area (Å²) >= 11 is 6.05. The molecule has 0 saturated carbocycles. The van der Waals surface area contributed by atoms with Crippen LogP contribution in [0.15, 0.2) is 54.6 Å². The summed E-state index contributed by atoms with van der Waals surface area (Å²) < 4.78 is 6.38. The molecule has 132 valence electrons. The number of Topliss-reactive ketones (excluding diaryl/α,β-unsaturated/α-hetero) is 1. The number of hydrogen-bond acceptors (Lipinski definition) is 3. The normalized spacial score (nSPS) is 20.6. The molecule has 3 rings (SSSR count). The molecular weight excluding hydrogens is 334 g/mol. The van der Waals surface area contributed by atoms with Crippen LogP contribution in [0.5, 0.6) is 0 Å². The van der Waals surface area contributed by atoms with Gasteiger partial charge in [0.15, 0.2) is 5.78 Å². The first-order valence-corrected chi connectivity index (χ1v) is 9.07. The summed E-state index contributed by atoms with van der Waals surface area (Å²) in [5.41, 5.74) is 1.56. The van der Waals surface area contributed by atoms with Gasteiger partial charge in [-0.25, -0.2) is 0 Å². The average Bonchev–Trinajstić information content (AvgIpc) is 2.95. The van der Waals surface area contributed by atoms with E-state index in [0.717, 1.165) is 17.7 Å². The fraction of sp³-hybridized carbons (Fsp3) is 0.381. The molecule has 4 heteroatoms. The molecule has 0 spiro atoms. The fourth-order valence-electron chi connectivity index (χ4n) is 3.47. The summed E-state index contributed by atoms with van der Waals surface area (Å²) in [5.74, 6) is 0.319. The maximum atomic E-state index is 12.0. The number of carbonyl (C=O) groups is 1. The Kier molecular flexibility index (Phi) is 5.57. The van der Waals surface area contributed by atoms with Crippen molar-refractivity contribution in [1.29, 1.82) is 0 Å². The molecule has 25 heavy (non-hydrogen) atoms. The molecule has 0 aliphatic carbocycles. The van der Waals surface area contributed by atoms with E-state index in [-0.39, 0.29) is 6.04 Å². The molecule has 3 nitrogen and oxygen atoms in total. The van der Waals surface area contributed by atoms with Gasteiger partial charge in [0.2, 0.25) is 0 Å². The van der Waals surface area contributed by atoms with Crippen LogP contribution in [0.3, 0.4) is 0 Å². The Labute approximate surface area is 154 Å². The van der Waals surface area contributed by atoms with Gasteiger partial charge >= 0.3 is 0 Å². The predicted molar refractivity (Wildman–Crippen MR) is 101 cm³/mol. The number of nitrogens with zero attached hydrogens (tertiary/aromatic N) is 1. The Balaban J connectivity index is 1.80. The molecule has 0 radical (unpaired) electrons. The summed E-state index contributed by atoms with van der Waals surface area (Å²) in [6.07, 6.45) is 1.36. The first-order chi connectivity index (χ1) is 12.0. The van der Waals surface area contributed by atoms with Crippen LogP contribution in [0.25, 0.3) is 0 Å². The molecule has 1 heterocycles. The SMILES string of the molecule is CN1CCC(=O)[C@H]1CCO[C@](C)(c1ccccc1)c1ccc(Cl)cc1. The number of benzene rings is 2. The second kappa shape index (κ2) is 7.69. The number of halogens is 1. The highest BCUT2D eigenvalue weighted by molar-refractivity contribution is 6.30. The number of hydrogen-bond donors (Lipinski definition) is 0. The molecule has 1 aliphatic rings. The maximum Gasteiger partial charge on any atom is 0.151 e. The smallest absolute Gasteiger partial charge is 0.151 e. The number of carbonyl (C=O) groups excluding carboxylic acids is 1. The lowest BCUT2D eigenvalue weighted by Crippen LogP contribution is -2.33. The predicted octanol–water partition coefficient (Wildman–Crippen LogP) is 4.28. The molecule has 0 N–H and O–H groups in total. The van der Waals surface area contributed by atoms with Gasteiger partial charge in [-0.05, 0) is 43.7 Å².